The molecule has 7 nitrogen and oxygen atoms in total. The summed E-state index contributed by atoms with van der Waals surface area (Å²) in [6, 6.07) is 28.8. The number of halogens is 1. The Kier molecular flexibility index (Phi) is 10.7. The van der Waals surface area contributed by atoms with Gasteiger partial charge in [-0.2, -0.15) is 0 Å². The van der Waals surface area contributed by atoms with Gasteiger partial charge in [-0.15, -0.1) is 0 Å². The minimum absolute atomic E-state index is 0.0149. The molecule has 0 fully saturated rings. The van der Waals surface area contributed by atoms with Gasteiger partial charge in [-0.25, -0.2) is 12.8 Å². The molecule has 43 heavy (non-hydrogen) atoms. The number of hydrogen-bond acceptors (Lipinski definition) is 4. The molecule has 0 aliphatic heterocycles. The Morgan fingerprint density at radius 2 is 1.47 bits per heavy atom. The second kappa shape index (κ2) is 14.6. The molecule has 0 aliphatic carbocycles. The van der Waals surface area contributed by atoms with E-state index in [1.807, 2.05) is 68.4 Å². The minimum atomic E-state index is -4.23. The van der Waals surface area contributed by atoms with Gasteiger partial charge in [-0.05, 0) is 60.9 Å². The van der Waals surface area contributed by atoms with Crippen molar-refractivity contribution in [3.05, 3.63) is 132 Å². The maximum Gasteiger partial charge on any atom is 0.264 e. The normalized spacial score (nSPS) is 11.9. The van der Waals surface area contributed by atoms with Gasteiger partial charge in [-0.1, -0.05) is 85.3 Å². The molecule has 4 aromatic carbocycles. The van der Waals surface area contributed by atoms with Crippen molar-refractivity contribution in [2.45, 2.75) is 44.2 Å². The molecule has 1 atom stereocenters. The zero-order chi connectivity index (χ0) is 30.8. The molecule has 0 saturated carbocycles. The number of anilines is 1. The number of carbonyl (C=O) groups excluding carboxylic acids is 2. The zero-order valence-electron chi connectivity index (χ0n) is 24.3. The predicted octanol–water partition coefficient (Wildman–Crippen LogP) is 5.50. The van der Waals surface area contributed by atoms with E-state index in [1.54, 1.807) is 18.2 Å². The first-order valence-corrected chi connectivity index (χ1v) is 15.6. The molecule has 0 aromatic heterocycles. The van der Waals surface area contributed by atoms with E-state index in [0.29, 0.717) is 13.0 Å². The van der Waals surface area contributed by atoms with Crippen molar-refractivity contribution in [3.63, 3.8) is 0 Å². The molecule has 4 aromatic rings. The summed E-state index contributed by atoms with van der Waals surface area (Å²) in [5.41, 5.74) is 2.77. The van der Waals surface area contributed by atoms with Crippen LogP contribution >= 0.6 is 0 Å². The van der Waals surface area contributed by atoms with Gasteiger partial charge in [0.15, 0.2) is 0 Å². The number of sulfonamides is 1. The molecule has 224 valence electrons. The van der Waals surface area contributed by atoms with Gasteiger partial charge in [0.25, 0.3) is 10.0 Å². The van der Waals surface area contributed by atoms with Crippen molar-refractivity contribution < 1.29 is 22.4 Å². The summed E-state index contributed by atoms with van der Waals surface area (Å²) >= 11 is 0. The number of aryl methyl sites for hydroxylation is 1. The Bertz CT molecular complexity index is 1610. The molecule has 4 rings (SSSR count). The molecule has 0 bridgehead atoms. The van der Waals surface area contributed by atoms with Crippen molar-refractivity contribution in [2.75, 3.05) is 17.4 Å². The van der Waals surface area contributed by atoms with E-state index in [0.717, 1.165) is 33.1 Å². The second-order valence-electron chi connectivity index (χ2n) is 10.3. The highest BCUT2D eigenvalue weighted by Gasteiger charge is 2.34. The lowest BCUT2D eigenvalue weighted by Crippen LogP contribution is -2.53. The molecule has 9 heteroatoms. The fourth-order valence-electron chi connectivity index (χ4n) is 4.78. The lowest BCUT2D eigenvalue weighted by atomic mass is 10.0. The molecule has 0 radical (unpaired) electrons. The van der Waals surface area contributed by atoms with Crippen LogP contribution in [-0.2, 0) is 32.6 Å². The quantitative estimate of drug-likeness (QED) is 0.219. The summed E-state index contributed by atoms with van der Waals surface area (Å²) in [4.78, 5) is 29.4. The molecule has 0 heterocycles. The van der Waals surface area contributed by atoms with E-state index in [2.05, 4.69) is 5.32 Å². The summed E-state index contributed by atoms with van der Waals surface area (Å²) in [6.45, 7) is 3.80. The Labute approximate surface area is 253 Å². The van der Waals surface area contributed by atoms with E-state index in [-0.39, 0.29) is 29.5 Å². The van der Waals surface area contributed by atoms with Crippen molar-refractivity contribution in [2.24, 2.45) is 0 Å². The second-order valence-corrected chi connectivity index (χ2v) is 12.2. The largest absolute Gasteiger partial charge is 0.354 e. The van der Waals surface area contributed by atoms with Crippen LogP contribution < -0.4 is 9.62 Å². The number of rotatable bonds is 13. The van der Waals surface area contributed by atoms with Crippen molar-refractivity contribution >= 4 is 27.5 Å². The van der Waals surface area contributed by atoms with Crippen LogP contribution in [0.2, 0.25) is 0 Å². The average Bonchev–Trinajstić information content (AvgIpc) is 3.01. The fraction of sp³-hybridized carbons (Fsp3) is 0.235. The average molecular weight is 602 g/mol. The topological polar surface area (TPSA) is 86.8 Å². The monoisotopic (exact) mass is 601 g/mol. The number of carbonyl (C=O) groups is 2. The van der Waals surface area contributed by atoms with Crippen LogP contribution in [0.4, 0.5) is 10.1 Å². The maximum atomic E-state index is 14.3. The van der Waals surface area contributed by atoms with E-state index < -0.39 is 34.3 Å². The molecule has 0 unspecified atom stereocenters. The molecule has 0 spiro atoms. The zero-order valence-corrected chi connectivity index (χ0v) is 25.1. The summed E-state index contributed by atoms with van der Waals surface area (Å²) < 4.78 is 42.6. The third kappa shape index (κ3) is 8.29. The lowest BCUT2D eigenvalue weighted by molar-refractivity contribution is -0.140. The van der Waals surface area contributed by atoms with Crippen LogP contribution in [0.25, 0.3) is 0 Å². The van der Waals surface area contributed by atoms with Crippen LogP contribution in [0, 0.1) is 12.7 Å². The van der Waals surface area contributed by atoms with Crippen LogP contribution in [0.5, 0.6) is 0 Å². The van der Waals surface area contributed by atoms with Gasteiger partial charge in [-0.3, -0.25) is 13.9 Å². The number of hydrogen-bond donors (Lipinski definition) is 1. The summed E-state index contributed by atoms with van der Waals surface area (Å²) in [5.74, 6) is -1.44. The van der Waals surface area contributed by atoms with Crippen LogP contribution in [0.15, 0.2) is 114 Å². The minimum Gasteiger partial charge on any atom is -0.354 e. The first-order chi connectivity index (χ1) is 20.7. The van der Waals surface area contributed by atoms with Gasteiger partial charge in [0.1, 0.15) is 18.4 Å². The molecule has 2 amide bonds. The maximum absolute atomic E-state index is 14.3. The summed E-state index contributed by atoms with van der Waals surface area (Å²) in [5, 5.41) is 2.93. The molecule has 1 N–H and O–H groups in total. The number of nitrogens with one attached hydrogen (secondary N) is 1. The molecular formula is C34H36FN3O4S. The van der Waals surface area contributed by atoms with E-state index in [9.17, 15) is 22.4 Å². The Morgan fingerprint density at radius 1 is 0.837 bits per heavy atom. The highest BCUT2D eigenvalue weighted by atomic mass is 32.2. The van der Waals surface area contributed by atoms with Crippen LogP contribution in [-0.4, -0.2) is 44.3 Å². The predicted molar refractivity (Wildman–Crippen MR) is 166 cm³/mol. The van der Waals surface area contributed by atoms with Gasteiger partial charge in [0.05, 0.1) is 10.6 Å². The lowest BCUT2D eigenvalue weighted by Gasteiger charge is -2.34. The van der Waals surface area contributed by atoms with Gasteiger partial charge in [0.2, 0.25) is 11.8 Å². The Hall–Kier alpha value is -4.50. The highest BCUT2D eigenvalue weighted by Crippen LogP contribution is 2.25. The third-order valence-electron chi connectivity index (χ3n) is 6.98. The van der Waals surface area contributed by atoms with Crippen molar-refractivity contribution in [3.8, 4) is 0 Å². The number of benzene rings is 4. The van der Waals surface area contributed by atoms with Gasteiger partial charge < -0.3 is 10.2 Å². The summed E-state index contributed by atoms with van der Waals surface area (Å²) in [6.07, 6.45) is 0.944. The first kappa shape index (κ1) is 31.4. The molecular weight excluding hydrogens is 565 g/mol. The van der Waals surface area contributed by atoms with Crippen LogP contribution in [0.1, 0.15) is 30.0 Å². The molecule has 0 aliphatic rings. The van der Waals surface area contributed by atoms with Gasteiger partial charge in [0, 0.05) is 19.5 Å². The van der Waals surface area contributed by atoms with Crippen molar-refractivity contribution in [1.29, 1.82) is 0 Å². The fourth-order valence-corrected chi connectivity index (χ4v) is 6.22. The van der Waals surface area contributed by atoms with Crippen molar-refractivity contribution in [1.82, 2.24) is 10.2 Å². The van der Waals surface area contributed by atoms with E-state index in [1.165, 1.54) is 29.2 Å². The SMILES string of the molecule is CCCNC(=O)[C@H](Cc1ccccc1)N(Cc1cccc(C)c1)C(=O)CN(c1ccc(F)cc1)S(=O)(=O)c1ccccc1. The Morgan fingerprint density at radius 3 is 2.09 bits per heavy atom. The standard InChI is InChI=1S/C34H36FN3O4S/c1-3-21-36-34(40)32(23-27-12-6-4-7-13-27)37(24-28-14-10-11-26(2)22-28)33(39)25-38(30-19-17-29(35)18-20-30)43(41,42)31-15-8-5-9-16-31/h4-20,22,32H,3,21,23-25H2,1-2H3,(H,36,40)/t32-/m0/s1. The van der Waals surface area contributed by atoms with Crippen LogP contribution in [0.3, 0.4) is 0 Å². The molecule has 0 saturated heterocycles. The summed E-state index contributed by atoms with van der Waals surface area (Å²) in [7, 11) is -4.23. The number of nitrogens with zero attached hydrogens (tertiary/aromatic N) is 2. The first-order valence-electron chi connectivity index (χ1n) is 14.2. The Balaban J connectivity index is 1.78. The van der Waals surface area contributed by atoms with E-state index >= 15 is 0 Å². The smallest absolute Gasteiger partial charge is 0.264 e. The third-order valence-corrected chi connectivity index (χ3v) is 8.77. The van der Waals surface area contributed by atoms with Gasteiger partial charge >= 0.3 is 0 Å². The van der Waals surface area contributed by atoms with E-state index in [4.69, 9.17) is 0 Å². The number of amides is 2. The highest BCUT2D eigenvalue weighted by molar-refractivity contribution is 7.92.